The Balaban J connectivity index is 1.89. The lowest BCUT2D eigenvalue weighted by molar-refractivity contribution is -0.774. The van der Waals surface area contributed by atoms with Crippen molar-refractivity contribution < 1.29 is 24.7 Å². The summed E-state index contributed by atoms with van der Waals surface area (Å²) >= 11 is 0. The van der Waals surface area contributed by atoms with Crippen LogP contribution in [0.25, 0.3) is 0 Å². The first-order chi connectivity index (χ1) is 6.89. The van der Waals surface area contributed by atoms with Crippen molar-refractivity contribution in [1.82, 2.24) is 0 Å². The van der Waals surface area contributed by atoms with Crippen LogP contribution >= 0.6 is 0 Å². The van der Waals surface area contributed by atoms with Crippen LogP contribution in [0.1, 0.15) is 33.6 Å². The van der Waals surface area contributed by atoms with E-state index in [0.29, 0.717) is 12.3 Å². The Morgan fingerprint density at radius 1 is 1.20 bits per heavy atom. The van der Waals surface area contributed by atoms with Gasteiger partial charge in [0, 0.05) is 6.42 Å². The maximum Gasteiger partial charge on any atom is 0.318 e. The van der Waals surface area contributed by atoms with E-state index in [1.807, 2.05) is 0 Å². The van der Waals surface area contributed by atoms with Gasteiger partial charge in [-0.05, 0) is 17.8 Å². The van der Waals surface area contributed by atoms with Crippen molar-refractivity contribution in [2.75, 3.05) is 0 Å². The smallest absolute Gasteiger partial charge is 0.318 e. The van der Waals surface area contributed by atoms with E-state index < -0.39 is 11.6 Å². The second kappa shape index (κ2) is 2.55. The largest absolute Gasteiger partial charge is 0.359 e. The zero-order chi connectivity index (χ0) is 10.9. The maximum atomic E-state index is 10.0. The van der Waals surface area contributed by atoms with Gasteiger partial charge in [0.2, 0.25) is 0 Å². The first-order valence-corrected chi connectivity index (χ1v) is 5.33. The zero-order valence-corrected chi connectivity index (χ0v) is 9.15. The molecule has 1 saturated carbocycles. The summed E-state index contributed by atoms with van der Waals surface area (Å²) in [6.45, 7) is 6.45. The fourth-order valence-corrected chi connectivity index (χ4v) is 2.70. The van der Waals surface area contributed by atoms with Gasteiger partial charge in [0.25, 0.3) is 5.79 Å². The van der Waals surface area contributed by atoms with E-state index in [9.17, 15) is 5.11 Å². The number of aliphatic hydroxyl groups is 1. The molecule has 4 atom stereocenters. The molecule has 1 aliphatic carbocycles. The number of hydrogen-bond donors (Lipinski definition) is 1. The molecule has 2 aliphatic heterocycles. The molecule has 0 aromatic carbocycles. The van der Waals surface area contributed by atoms with E-state index in [-0.39, 0.29) is 11.5 Å². The van der Waals surface area contributed by atoms with Gasteiger partial charge in [0.05, 0.1) is 0 Å². The summed E-state index contributed by atoms with van der Waals surface area (Å²) in [5, 5.41) is 10.0. The lowest BCUT2D eigenvalue weighted by Gasteiger charge is -2.64. The van der Waals surface area contributed by atoms with E-state index in [0.717, 1.165) is 6.42 Å². The highest BCUT2D eigenvalue weighted by atomic mass is 17.4. The van der Waals surface area contributed by atoms with Gasteiger partial charge in [-0.15, -0.1) is 0 Å². The van der Waals surface area contributed by atoms with Crippen LogP contribution in [0.3, 0.4) is 0 Å². The average Bonchev–Trinajstić information content (AvgIpc) is 2.04. The number of rotatable bonds is 0. The Labute approximate surface area is 88.1 Å². The third-order valence-corrected chi connectivity index (χ3v) is 3.77. The minimum absolute atomic E-state index is 0.0989. The standard InChI is InChI=1S/C10H16O5/c1-8(2,3)6-4-5-9(11)10(15-13-9)7(6)12-14-10/h6-7,11H,4-5H2,1-3H3. The molecule has 0 amide bonds. The second-order valence-corrected chi connectivity index (χ2v) is 5.73. The van der Waals surface area contributed by atoms with Crippen molar-refractivity contribution in [1.29, 1.82) is 0 Å². The van der Waals surface area contributed by atoms with Crippen LogP contribution in [0.5, 0.6) is 0 Å². The van der Waals surface area contributed by atoms with Crippen molar-refractivity contribution in [3.05, 3.63) is 0 Å². The van der Waals surface area contributed by atoms with Gasteiger partial charge in [-0.1, -0.05) is 20.8 Å². The predicted octanol–water partition coefficient (Wildman–Crippen LogP) is 1.12. The zero-order valence-electron chi connectivity index (χ0n) is 9.15. The van der Waals surface area contributed by atoms with Crippen LogP contribution in [0, 0.1) is 11.3 Å². The summed E-state index contributed by atoms with van der Waals surface area (Å²) in [5.41, 5.74) is 0.0989. The normalized spacial score (nSPS) is 53.6. The highest BCUT2D eigenvalue weighted by molar-refractivity contribution is 5.08. The lowest BCUT2D eigenvalue weighted by Crippen LogP contribution is -2.83. The van der Waals surface area contributed by atoms with Gasteiger partial charge in [0.15, 0.2) is 6.10 Å². The Hall–Kier alpha value is -0.200. The first kappa shape index (κ1) is 9.99. The summed E-state index contributed by atoms with van der Waals surface area (Å²) in [5.74, 6) is -2.07. The fourth-order valence-electron chi connectivity index (χ4n) is 2.70. The molecule has 3 rings (SSSR count). The molecule has 5 nitrogen and oxygen atoms in total. The Morgan fingerprint density at radius 3 is 2.33 bits per heavy atom. The van der Waals surface area contributed by atoms with Crippen molar-refractivity contribution in [3.63, 3.8) is 0 Å². The highest BCUT2D eigenvalue weighted by Gasteiger charge is 2.80. The van der Waals surface area contributed by atoms with Crippen LogP contribution in [-0.4, -0.2) is 22.8 Å². The van der Waals surface area contributed by atoms with E-state index in [1.165, 1.54) is 0 Å². The molecule has 4 unspecified atom stereocenters. The lowest BCUT2D eigenvalue weighted by atomic mass is 9.65. The molecular weight excluding hydrogens is 200 g/mol. The van der Waals surface area contributed by atoms with Crippen molar-refractivity contribution in [2.24, 2.45) is 11.3 Å². The van der Waals surface area contributed by atoms with Crippen LogP contribution < -0.4 is 0 Å². The summed E-state index contributed by atoms with van der Waals surface area (Å²) in [7, 11) is 0. The van der Waals surface area contributed by atoms with Crippen LogP contribution in [-0.2, 0) is 19.6 Å². The van der Waals surface area contributed by atoms with Crippen molar-refractivity contribution in [3.8, 4) is 0 Å². The molecule has 3 fully saturated rings. The Bertz CT molecular complexity index is 295. The summed E-state index contributed by atoms with van der Waals surface area (Å²) in [6.07, 6.45) is 1.14. The molecule has 2 saturated heterocycles. The molecule has 3 aliphatic rings. The van der Waals surface area contributed by atoms with Gasteiger partial charge in [-0.2, -0.15) is 14.7 Å². The molecule has 2 heterocycles. The first-order valence-electron chi connectivity index (χ1n) is 5.33. The van der Waals surface area contributed by atoms with Gasteiger partial charge in [-0.3, -0.25) is 0 Å². The van der Waals surface area contributed by atoms with E-state index in [2.05, 4.69) is 20.8 Å². The second-order valence-electron chi connectivity index (χ2n) is 5.73. The average molecular weight is 216 g/mol. The van der Waals surface area contributed by atoms with E-state index >= 15 is 0 Å². The van der Waals surface area contributed by atoms with Gasteiger partial charge in [0.1, 0.15) is 0 Å². The van der Waals surface area contributed by atoms with Crippen LogP contribution in [0.4, 0.5) is 0 Å². The molecule has 0 aromatic heterocycles. The molecule has 0 bridgehead atoms. The third-order valence-electron chi connectivity index (χ3n) is 3.77. The highest BCUT2D eigenvalue weighted by Crippen LogP contribution is 2.60. The summed E-state index contributed by atoms with van der Waals surface area (Å²) < 4.78 is 0. The minimum atomic E-state index is -1.31. The van der Waals surface area contributed by atoms with Crippen LogP contribution in [0.2, 0.25) is 0 Å². The quantitative estimate of drug-likeness (QED) is 0.615. The SMILES string of the molecule is CC(C)(C)C1CCC2(O)OOC23OOC13. The van der Waals surface area contributed by atoms with Gasteiger partial charge in [-0.25, -0.2) is 4.89 Å². The van der Waals surface area contributed by atoms with Gasteiger partial charge < -0.3 is 5.11 Å². The summed E-state index contributed by atoms with van der Waals surface area (Å²) in [6, 6.07) is 0. The van der Waals surface area contributed by atoms with Crippen molar-refractivity contribution in [2.45, 2.75) is 51.3 Å². The third kappa shape index (κ3) is 1.00. The molecule has 0 radical (unpaired) electrons. The monoisotopic (exact) mass is 216 g/mol. The number of hydrogen-bond acceptors (Lipinski definition) is 5. The van der Waals surface area contributed by atoms with Crippen LogP contribution in [0.15, 0.2) is 0 Å². The fraction of sp³-hybridized carbons (Fsp3) is 1.00. The minimum Gasteiger partial charge on any atom is -0.359 e. The Kier molecular flexibility index (Phi) is 1.70. The van der Waals surface area contributed by atoms with E-state index in [4.69, 9.17) is 19.6 Å². The topological polar surface area (TPSA) is 57.2 Å². The molecule has 86 valence electrons. The molecule has 0 aromatic rings. The molecule has 15 heavy (non-hydrogen) atoms. The molecule has 1 N–H and O–H groups in total. The van der Waals surface area contributed by atoms with Gasteiger partial charge >= 0.3 is 5.79 Å². The molecule has 1 spiro atoms. The van der Waals surface area contributed by atoms with E-state index in [1.54, 1.807) is 0 Å². The van der Waals surface area contributed by atoms with Crippen molar-refractivity contribution >= 4 is 0 Å². The maximum absolute atomic E-state index is 10.0. The molecular formula is C10H16O5. The predicted molar refractivity (Wildman–Crippen MR) is 48.0 cm³/mol. The molecule has 5 heteroatoms. The Morgan fingerprint density at radius 2 is 1.93 bits per heavy atom. The summed E-state index contributed by atoms with van der Waals surface area (Å²) in [4.78, 5) is 19.8.